The van der Waals surface area contributed by atoms with Gasteiger partial charge in [-0.15, -0.1) is 5.10 Å². The van der Waals surface area contributed by atoms with Crippen LogP contribution in [0, 0.1) is 5.82 Å². The van der Waals surface area contributed by atoms with Gasteiger partial charge < -0.3 is 10.1 Å². The highest BCUT2D eigenvalue weighted by molar-refractivity contribution is 7.89. The normalized spacial score (nSPS) is 12.0. The number of nitrogens with two attached hydrogens (primary N) is 1. The van der Waals surface area contributed by atoms with E-state index < -0.39 is 44.9 Å². The molecule has 3 N–H and O–H groups in total. The van der Waals surface area contributed by atoms with Crippen LogP contribution >= 0.6 is 0 Å². The third-order valence-electron chi connectivity index (χ3n) is 6.83. The maximum atomic E-state index is 15.5. The highest BCUT2D eigenvalue weighted by Crippen LogP contribution is 2.35. The van der Waals surface area contributed by atoms with Crippen LogP contribution in [-0.4, -0.2) is 41.9 Å². The molecule has 0 saturated carbocycles. The molecule has 0 saturated heterocycles. The summed E-state index contributed by atoms with van der Waals surface area (Å²) in [6.45, 7) is 3.13. The number of hydrogen-bond acceptors (Lipinski definition) is 6. The molecule has 0 atom stereocenters. The Balaban J connectivity index is 1.78. The van der Waals surface area contributed by atoms with Crippen LogP contribution in [0.3, 0.4) is 0 Å². The standard InChI is InChI=1S/C30H31F4N5O5S/c1-3-5-10-27-37-39(25-16-21(36-28(40)18-44-4-2)13-14-23(25)30(32,33)34)29(41)38(27)17-20-12-11-19(15-24(20)31)22-8-6-7-9-26(22)45(35,42)43/h6-9,11-16H,3-5,10,17-18H2,1-2H3,(H,36,40)(H2,35,42,43). The summed E-state index contributed by atoms with van der Waals surface area (Å²) >= 11 is 0. The Labute approximate surface area is 256 Å². The molecule has 0 radical (unpaired) electrons. The lowest BCUT2D eigenvalue weighted by molar-refractivity contribution is -0.137. The summed E-state index contributed by atoms with van der Waals surface area (Å²) in [6, 6.07) is 12.5. The second-order valence-corrected chi connectivity index (χ2v) is 11.6. The van der Waals surface area contributed by atoms with Gasteiger partial charge in [-0.3, -0.25) is 9.36 Å². The number of carbonyl (C=O) groups is 1. The molecule has 1 amide bonds. The van der Waals surface area contributed by atoms with Crippen molar-refractivity contribution < 1.29 is 35.5 Å². The van der Waals surface area contributed by atoms with Gasteiger partial charge in [0.1, 0.15) is 18.2 Å². The van der Waals surface area contributed by atoms with Gasteiger partial charge in [-0.1, -0.05) is 43.7 Å². The molecule has 0 aliphatic heterocycles. The fourth-order valence-electron chi connectivity index (χ4n) is 4.66. The van der Waals surface area contributed by atoms with E-state index in [2.05, 4.69) is 10.4 Å². The molecule has 3 aromatic carbocycles. The zero-order valence-corrected chi connectivity index (χ0v) is 25.2. The van der Waals surface area contributed by atoms with Gasteiger partial charge in [0.25, 0.3) is 0 Å². The molecule has 0 aliphatic carbocycles. The van der Waals surface area contributed by atoms with Gasteiger partial charge in [0.05, 0.1) is 22.7 Å². The van der Waals surface area contributed by atoms with Crippen molar-refractivity contribution in [1.82, 2.24) is 14.3 Å². The summed E-state index contributed by atoms with van der Waals surface area (Å²) in [4.78, 5) is 25.6. The van der Waals surface area contributed by atoms with Gasteiger partial charge in [-0.05, 0) is 49.2 Å². The van der Waals surface area contributed by atoms with E-state index in [4.69, 9.17) is 9.88 Å². The molecule has 0 aliphatic rings. The van der Waals surface area contributed by atoms with Crippen LogP contribution in [0.15, 0.2) is 70.4 Å². The first kappa shape index (κ1) is 33.6. The van der Waals surface area contributed by atoms with Crippen molar-refractivity contribution in [3.63, 3.8) is 0 Å². The minimum absolute atomic E-state index is 0.0132. The number of sulfonamides is 1. The van der Waals surface area contributed by atoms with Crippen LogP contribution in [0.1, 0.15) is 43.6 Å². The number of unbranched alkanes of at least 4 members (excludes halogenated alkanes) is 1. The number of hydrogen-bond donors (Lipinski definition) is 2. The predicted octanol–water partition coefficient (Wildman–Crippen LogP) is 4.87. The van der Waals surface area contributed by atoms with Crippen molar-refractivity contribution in [2.24, 2.45) is 5.14 Å². The number of alkyl halides is 3. The summed E-state index contributed by atoms with van der Waals surface area (Å²) in [6.07, 6.45) is -3.43. The van der Waals surface area contributed by atoms with Crippen LogP contribution < -0.4 is 16.1 Å². The summed E-state index contributed by atoms with van der Waals surface area (Å²) in [5.74, 6) is -1.26. The van der Waals surface area contributed by atoms with Crippen molar-refractivity contribution in [2.45, 2.75) is 50.7 Å². The Morgan fingerprint density at radius 2 is 1.80 bits per heavy atom. The van der Waals surface area contributed by atoms with Crippen molar-refractivity contribution in [2.75, 3.05) is 18.5 Å². The lowest BCUT2D eigenvalue weighted by atomic mass is 10.0. The zero-order valence-electron chi connectivity index (χ0n) is 24.4. The number of aromatic nitrogens is 3. The van der Waals surface area contributed by atoms with E-state index in [0.717, 1.165) is 28.8 Å². The second-order valence-electron chi connectivity index (χ2n) is 10.1. The molecule has 10 nitrogen and oxygen atoms in total. The maximum absolute atomic E-state index is 15.5. The van der Waals surface area contributed by atoms with Crippen molar-refractivity contribution in [3.8, 4) is 16.8 Å². The van der Waals surface area contributed by atoms with Crippen LogP contribution in [-0.2, 0) is 38.7 Å². The molecule has 0 bridgehead atoms. The highest BCUT2D eigenvalue weighted by atomic mass is 32.2. The van der Waals surface area contributed by atoms with Crippen LogP contribution in [0.25, 0.3) is 16.8 Å². The van der Waals surface area contributed by atoms with Gasteiger partial charge in [-0.2, -0.15) is 17.9 Å². The molecule has 4 rings (SSSR count). The third-order valence-corrected chi connectivity index (χ3v) is 7.80. The number of rotatable bonds is 12. The first-order chi connectivity index (χ1) is 21.2. The number of aryl methyl sites for hydroxylation is 1. The van der Waals surface area contributed by atoms with Crippen LogP contribution in [0.2, 0.25) is 0 Å². The van der Waals surface area contributed by atoms with E-state index in [1.165, 1.54) is 30.3 Å². The van der Waals surface area contributed by atoms with Gasteiger partial charge in [-0.25, -0.2) is 22.7 Å². The summed E-state index contributed by atoms with van der Waals surface area (Å²) in [7, 11) is -4.11. The molecule has 240 valence electrons. The number of benzene rings is 3. The SMILES string of the molecule is CCCCc1nn(-c2cc(NC(=O)COCC)ccc2C(F)(F)F)c(=O)n1Cc1ccc(-c2ccccc2S(N)(=O)=O)cc1F. The molecule has 0 unspecified atom stereocenters. The van der Waals surface area contributed by atoms with E-state index in [1.807, 2.05) is 6.92 Å². The topological polar surface area (TPSA) is 138 Å². The molecular formula is C30H31F4N5O5S. The number of nitrogens with zero attached hydrogens (tertiary/aromatic N) is 3. The minimum atomic E-state index is -4.87. The zero-order chi connectivity index (χ0) is 32.9. The molecule has 45 heavy (non-hydrogen) atoms. The average Bonchev–Trinajstić information content (AvgIpc) is 3.29. The van der Waals surface area contributed by atoms with Crippen molar-refractivity contribution in [1.29, 1.82) is 0 Å². The van der Waals surface area contributed by atoms with Crippen LogP contribution in [0.4, 0.5) is 23.2 Å². The summed E-state index contributed by atoms with van der Waals surface area (Å²) < 4.78 is 88.4. The molecule has 0 fully saturated rings. The molecule has 4 aromatic rings. The lowest BCUT2D eigenvalue weighted by Gasteiger charge is -2.14. The Hall–Kier alpha value is -4.34. The van der Waals surface area contributed by atoms with E-state index in [1.54, 1.807) is 13.0 Å². The first-order valence-corrected chi connectivity index (χ1v) is 15.5. The number of ether oxygens (including phenoxy) is 1. The maximum Gasteiger partial charge on any atom is 0.418 e. The molecule has 1 heterocycles. The van der Waals surface area contributed by atoms with Gasteiger partial charge in [0, 0.05) is 29.8 Å². The average molecular weight is 650 g/mol. The monoisotopic (exact) mass is 649 g/mol. The number of nitrogens with one attached hydrogen (secondary N) is 1. The molecule has 1 aromatic heterocycles. The Bertz CT molecular complexity index is 1870. The minimum Gasteiger partial charge on any atom is -0.372 e. The Morgan fingerprint density at radius 1 is 1.07 bits per heavy atom. The highest BCUT2D eigenvalue weighted by Gasteiger charge is 2.35. The number of halogens is 4. The molecule has 15 heteroatoms. The largest absolute Gasteiger partial charge is 0.418 e. The molecular weight excluding hydrogens is 618 g/mol. The summed E-state index contributed by atoms with van der Waals surface area (Å²) in [5, 5.41) is 12.0. The lowest BCUT2D eigenvalue weighted by Crippen LogP contribution is -2.27. The van der Waals surface area contributed by atoms with E-state index >= 15 is 4.39 Å². The van der Waals surface area contributed by atoms with E-state index in [9.17, 15) is 31.2 Å². The van der Waals surface area contributed by atoms with Crippen LogP contribution in [0.5, 0.6) is 0 Å². The number of amides is 1. The van der Waals surface area contributed by atoms with E-state index in [-0.39, 0.29) is 59.3 Å². The first-order valence-electron chi connectivity index (χ1n) is 13.9. The summed E-state index contributed by atoms with van der Waals surface area (Å²) in [5.41, 5.74) is -2.34. The predicted molar refractivity (Wildman–Crippen MR) is 159 cm³/mol. The third kappa shape index (κ3) is 7.85. The number of carbonyl (C=O) groups excluding carboxylic acids is 1. The number of primary sulfonamides is 1. The van der Waals surface area contributed by atoms with Crippen molar-refractivity contribution in [3.05, 3.63) is 93.9 Å². The van der Waals surface area contributed by atoms with Gasteiger partial charge in [0.15, 0.2) is 0 Å². The van der Waals surface area contributed by atoms with Gasteiger partial charge in [0.2, 0.25) is 15.9 Å². The Kier molecular flexibility index (Phi) is 10.3. The molecule has 0 spiro atoms. The van der Waals surface area contributed by atoms with Gasteiger partial charge >= 0.3 is 11.9 Å². The fraction of sp³-hybridized carbons (Fsp3) is 0.300. The second kappa shape index (κ2) is 13.7. The quantitative estimate of drug-likeness (QED) is 0.210. The number of anilines is 1. The fourth-order valence-corrected chi connectivity index (χ4v) is 5.42. The van der Waals surface area contributed by atoms with E-state index in [0.29, 0.717) is 17.5 Å². The smallest absolute Gasteiger partial charge is 0.372 e. The van der Waals surface area contributed by atoms with Crippen molar-refractivity contribution >= 4 is 21.6 Å². The Morgan fingerprint density at radius 3 is 2.44 bits per heavy atom.